The molecule has 0 saturated heterocycles. The van der Waals surface area contributed by atoms with Gasteiger partial charge in [0, 0.05) is 106 Å². The van der Waals surface area contributed by atoms with E-state index in [2.05, 4.69) is 0 Å². The fourth-order valence-electron chi connectivity index (χ4n) is 0. The molecule has 36 valence electrons. The van der Waals surface area contributed by atoms with Crippen molar-refractivity contribution in [2.75, 3.05) is 0 Å². The van der Waals surface area contributed by atoms with Crippen LogP contribution >= 0.6 is 0 Å². The van der Waals surface area contributed by atoms with E-state index in [1.807, 2.05) is 0 Å². The van der Waals surface area contributed by atoms with Gasteiger partial charge in [-0.05, 0) is 0 Å². The molecule has 0 aromatic rings. The number of hydrogen-bond donors (Lipinski definition) is 0. The molecular weight excluding hydrogens is 393 g/mol. The minimum atomic E-state index is 0. The SMILES string of the molecule is [CH3-].[Fe].[H-].[H-].[Mg+2].[Mo].[Ti].[Zn].[Zr]. The summed E-state index contributed by atoms with van der Waals surface area (Å²) in [4.78, 5) is 0. The van der Waals surface area contributed by atoms with Gasteiger partial charge in [0.05, 0.1) is 0 Å². The normalized spacial score (nSPS) is 0. The first-order valence-corrected chi connectivity index (χ1v) is 0. The van der Waals surface area contributed by atoms with Gasteiger partial charge < -0.3 is 10.3 Å². The first-order valence-electron chi connectivity index (χ1n) is 0. The molecule has 0 aromatic heterocycles. The predicted octanol–water partition coefficient (Wildman–Crippen LogP) is 0.282. The van der Waals surface area contributed by atoms with E-state index in [0.29, 0.717) is 0 Å². The Morgan fingerprint density at radius 3 is 1.14 bits per heavy atom. The van der Waals surface area contributed by atoms with Crippen molar-refractivity contribution in [2.24, 2.45) is 0 Å². The average molecular weight is 398 g/mol. The van der Waals surface area contributed by atoms with Crippen LogP contribution in [0.5, 0.6) is 0 Å². The Balaban J connectivity index is 0. The van der Waals surface area contributed by atoms with Crippen molar-refractivity contribution >= 4 is 23.1 Å². The third-order valence-corrected chi connectivity index (χ3v) is 0. The van der Waals surface area contributed by atoms with E-state index in [9.17, 15) is 0 Å². The molecule has 0 nitrogen and oxygen atoms in total. The van der Waals surface area contributed by atoms with Crippen molar-refractivity contribution in [3.8, 4) is 0 Å². The molecule has 0 atom stereocenters. The topological polar surface area (TPSA) is 0 Å². The zero-order valence-corrected chi connectivity index (χ0v) is 15.7. The Morgan fingerprint density at radius 1 is 1.14 bits per heavy atom. The van der Waals surface area contributed by atoms with Crippen molar-refractivity contribution in [1.29, 1.82) is 0 Å². The van der Waals surface area contributed by atoms with Gasteiger partial charge in [-0.3, -0.25) is 0 Å². The molecule has 0 aliphatic heterocycles. The largest absolute Gasteiger partial charge is 2.00 e. The van der Waals surface area contributed by atoms with Crippen LogP contribution in [0.1, 0.15) is 2.85 Å². The molecule has 0 unspecified atom stereocenters. The van der Waals surface area contributed by atoms with E-state index in [4.69, 9.17) is 0 Å². The molecular formula is CH5FeMgMoTiZnZr-. The molecule has 0 saturated carbocycles. The zero-order chi connectivity index (χ0) is 0. The Kier molecular flexibility index (Phi) is 463. The van der Waals surface area contributed by atoms with E-state index >= 15 is 0 Å². The third-order valence-electron chi connectivity index (χ3n) is 0. The van der Waals surface area contributed by atoms with Crippen LogP contribution in [0.2, 0.25) is 0 Å². The maximum atomic E-state index is 0. The molecule has 0 fully saturated rings. The average Bonchev–Trinajstić information content (AvgIpc) is 0. The van der Waals surface area contributed by atoms with E-state index < -0.39 is 0 Å². The fourth-order valence-corrected chi connectivity index (χ4v) is 0. The molecule has 0 aliphatic carbocycles. The van der Waals surface area contributed by atoms with Crippen molar-refractivity contribution < 1.29 is 108 Å². The minimum Gasteiger partial charge on any atom is -1.00 e. The molecule has 0 aliphatic rings. The summed E-state index contributed by atoms with van der Waals surface area (Å²) in [6, 6.07) is 0. The summed E-state index contributed by atoms with van der Waals surface area (Å²) in [6.45, 7) is 0. The number of rotatable bonds is 0. The van der Waals surface area contributed by atoms with Crippen molar-refractivity contribution in [1.82, 2.24) is 0 Å². The van der Waals surface area contributed by atoms with E-state index in [-0.39, 0.29) is 139 Å². The van der Waals surface area contributed by atoms with Crippen LogP contribution in [0.4, 0.5) is 0 Å². The quantitative estimate of drug-likeness (QED) is 0.407. The standard InChI is InChI=1S/CH3.Fe.Mg.Mo.Ti.Zn.Zr.2H/h1H3;;;;;;;;/q-1;;+2;;;;;2*-1. The minimum absolute atomic E-state index is 0. The van der Waals surface area contributed by atoms with Crippen LogP contribution in [0.3, 0.4) is 0 Å². The van der Waals surface area contributed by atoms with Gasteiger partial charge in [-0.15, -0.1) is 0 Å². The Morgan fingerprint density at radius 2 is 1.14 bits per heavy atom. The fraction of sp³-hybridized carbons (Fsp3) is 0. The second-order valence-electron chi connectivity index (χ2n) is 0. The van der Waals surface area contributed by atoms with Gasteiger partial charge >= 0.3 is 23.1 Å². The summed E-state index contributed by atoms with van der Waals surface area (Å²) < 4.78 is 0. The summed E-state index contributed by atoms with van der Waals surface area (Å²) >= 11 is 0. The van der Waals surface area contributed by atoms with Gasteiger partial charge in [-0.25, -0.2) is 0 Å². The molecule has 0 amide bonds. The summed E-state index contributed by atoms with van der Waals surface area (Å²) in [5.74, 6) is 0. The Hall–Kier alpha value is 4.19. The van der Waals surface area contributed by atoms with E-state index in [1.54, 1.807) is 0 Å². The molecule has 0 bridgehead atoms. The summed E-state index contributed by atoms with van der Waals surface area (Å²) in [7, 11) is 0. The summed E-state index contributed by atoms with van der Waals surface area (Å²) in [5, 5.41) is 0. The second kappa shape index (κ2) is 49.0. The molecule has 0 spiro atoms. The molecule has 6 heteroatoms. The van der Waals surface area contributed by atoms with Crippen LogP contribution in [0.25, 0.3) is 0 Å². The zero-order valence-electron chi connectivity index (χ0n) is 6.18. The monoisotopic (exact) mass is 397 g/mol. The smallest absolute Gasteiger partial charge is 1.00 e. The van der Waals surface area contributed by atoms with Gasteiger partial charge in [-0.2, -0.15) is 0 Å². The van der Waals surface area contributed by atoms with Crippen LogP contribution in [-0.2, 0) is 106 Å². The van der Waals surface area contributed by atoms with Gasteiger partial charge in [0.15, 0.2) is 0 Å². The van der Waals surface area contributed by atoms with Gasteiger partial charge in [0.1, 0.15) is 0 Å². The maximum Gasteiger partial charge on any atom is 2.00 e. The van der Waals surface area contributed by atoms with Crippen LogP contribution in [0, 0.1) is 7.43 Å². The van der Waals surface area contributed by atoms with Gasteiger partial charge in [0.25, 0.3) is 0 Å². The summed E-state index contributed by atoms with van der Waals surface area (Å²) in [6.07, 6.45) is 0. The molecule has 0 aromatic carbocycles. The third kappa shape index (κ3) is 38.9. The molecule has 0 rings (SSSR count). The Labute approximate surface area is 136 Å². The molecule has 0 radical (unpaired) electrons. The van der Waals surface area contributed by atoms with Gasteiger partial charge in [-0.1, -0.05) is 0 Å². The second-order valence-corrected chi connectivity index (χ2v) is 0. The number of hydrogen-bond acceptors (Lipinski definition) is 0. The first-order chi connectivity index (χ1) is 0. The molecule has 7 heavy (non-hydrogen) atoms. The van der Waals surface area contributed by atoms with E-state index in [1.165, 1.54) is 0 Å². The van der Waals surface area contributed by atoms with Crippen LogP contribution < -0.4 is 0 Å². The van der Waals surface area contributed by atoms with Crippen LogP contribution in [0.15, 0.2) is 0 Å². The molecule has 0 heterocycles. The van der Waals surface area contributed by atoms with Crippen LogP contribution in [-0.4, -0.2) is 23.1 Å². The molecule has 0 N–H and O–H groups in total. The van der Waals surface area contributed by atoms with E-state index in [0.717, 1.165) is 0 Å². The predicted molar refractivity (Wildman–Crippen MR) is 14.4 cm³/mol. The first kappa shape index (κ1) is 66.1. The van der Waals surface area contributed by atoms with Gasteiger partial charge in [0.2, 0.25) is 0 Å². The van der Waals surface area contributed by atoms with Crippen molar-refractivity contribution in [3.05, 3.63) is 7.43 Å². The summed E-state index contributed by atoms with van der Waals surface area (Å²) in [5.41, 5.74) is 0. The maximum absolute atomic E-state index is 0. The van der Waals surface area contributed by atoms with Crippen molar-refractivity contribution in [2.45, 2.75) is 0 Å². The Bertz CT molecular complexity index is 26.5. The van der Waals surface area contributed by atoms with Crippen molar-refractivity contribution in [3.63, 3.8) is 0 Å².